The summed E-state index contributed by atoms with van der Waals surface area (Å²) in [5.41, 5.74) is -1.69. The molecule has 5 aliphatic rings. The van der Waals surface area contributed by atoms with E-state index in [-0.39, 0.29) is 37.3 Å². The first-order chi connectivity index (χ1) is 36.8. The highest BCUT2D eigenvalue weighted by atomic mass is 19.1. The minimum atomic E-state index is -1.80. The number of rotatable bonds is 15. The minimum Gasteiger partial charge on any atom is -0.459 e. The largest absolute Gasteiger partial charge is 0.459 e. The van der Waals surface area contributed by atoms with Gasteiger partial charge in [-0.25, -0.2) is 9.07 Å². The molecule has 0 amide bonds. The van der Waals surface area contributed by atoms with Gasteiger partial charge in [-0.3, -0.25) is 4.79 Å². The van der Waals surface area contributed by atoms with E-state index in [9.17, 15) is 25.2 Å². The van der Waals surface area contributed by atoms with E-state index in [0.29, 0.717) is 51.3 Å². The van der Waals surface area contributed by atoms with Gasteiger partial charge in [0.25, 0.3) is 0 Å². The summed E-state index contributed by atoms with van der Waals surface area (Å²) in [4.78, 5) is 21.2. The Hall–Kier alpha value is -2.96. The molecule has 20 heteroatoms. The van der Waals surface area contributed by atoms with E-state index in [0.717, 1.165) is 37.2 Å². The topological polar surface area (TPSA) is 212 Å². The summed E-state index contributed by atoms with van der Waals surface area (Å²) in [6.45, 7) is 21.6. The molecule has 6 heterocycles. The third-order valence-corrected chi connectivity index (χ3v) is 18.7. The molecule has 19 atom stereocenters. The molecule has 0 bridgehead atoms. The average Bonchev–Trinajstić information content (AvgIpc) is 4.13. The fourth-order valence-electron chi connectivity index (χ4n) is 13.8. The van der Waals surface area contributed by atoms with Gasteiger partial charge in [-0.2, -0.15) is 0 Å². The van der Waals surface area contributed by atoms with Crippen LogP contribution in [0.2, 0.25) is 0 Å². The minimum absolute atomic E-state index is 0.00144. The molecule has 1 aromatic heterocycles. The molecule has 1 aromatic carbocycles. The first-order valence-corrected chi connectivity index (χ1v) is 28.9. The van der Waals surface area contributed by atoms with Crippen molar-refractivity contribution in [2.24, 2.45) is 23.7 Å². The van der Waals surface area contributed by atoms with E-state index < -0.39 is 114 Å². The monoisotopic (exact) mass is 1100 g/mol. The maximum Gasteiger partial charge on any atom is 0.309 e. The molecule has 19 nitrogen and oxygen atoms in total. The van der Waals surface area contributed by atoms with E-state index >= 15 is 4.39 Å². The molecule has 0 radical (unpaired) electrons. The van der Waals surface area contributed by atoms with Crippen molar-refractivity contribution in [1.82, 2.24) is 24.8 Å². The summed E-state index contributed by atoms with van der Waals surface area (Å²) in [6, 6.07) is 6.83. The zero-order valence-electron chi connectivity index (χ0n) is 49.3. The van der Waals surface area contributed by atoms with Gasteiger partial charge in [-0.1, -0.05) is 45.0 Å². The van der Waals surface area contributed by atoms with E-state index in [1.165, 1.54) is 6.92 Å². The fourth-order valence-corrected chi connectivity index (χ4v) is 13.8. The Balaban J connectivity index is 1.08. The third kappa shape index (κ3) is 13.9. The van der Waals surface area contributed by atoms with Crippen molar-refractivity contribution >= 4 is 11.7 Å². The highest BCUT2D eigenvalue weighted by Crippen LogP contribution is 2.45. The van der Waals surface area contributed by atoms with Gasteiger partial charge in [0.05, 0.1) is 60.4 Å². The van der Waals surface area contributed by atoms with Crippen molar-refractivity contribution in [2.75, 3.05) is 79.3 Å². The van der Waals surface area contributed by atoms with Crippen LogP contribution in [-0.2, 0) is 49.1 Å². The van der Waals surface area contributed by atoms with Crippen molar-refractivity contribution < 1.29 is 67.5 Å². The Labute approximate surface area is 463 Å². The highest BCUT2D eigenvalue weighted by molar-refractivity contribution is 5.73. The van der Waals surface area contributed by atoms with Crippen LogP contribution >= 0.6 is 0 Å². The number of aliphatic hydroxyl groups excluding tert-OH is 2. The number of esters is 1. The van der Waals surface area contributed by atoms with Gasteiger partial charge in [-0.15, -0.1) is 5.10 Å². The number of nitrogens with zero attached hydrogens (tertiary/aromatic N) is 6. The number of hydrogen-bond acceptors (Lipinski definition) is 18. The lowest BCUT2D eigenvalue weighted by Gasteiger charge is -2.51. The van der Waals surface area contributed by atoms with Crippen LogP contribution in [0.15, 0.2) is 30.5 Å². The highest BCUT2D eigenvalue weighted by Gasteiger charge is 2.55. The van der Waals surface area contributed by atoms with Crippen LogP contribution in [0.3, 0.4) is 0 Å². The van der Waals surface area contributed by atoms with Gasteiger partial charge >= 0.3 is 5.97 Å². The molecule has 5 saturated heterocycles. The molecule has 0 aliphatic carbocycles. The lowest BCUT2D eigenvalue weighted by atomic mass is 9.68. The number of ether oxygens (including phenoxy) is 8. The van der Waals surface area contributed by atoms with Crippen molar-refractivity contribution in [3.05, 3.63) is 41.7 Å². The summed E-state index contributed by atoms with van der Waals surface area (Å²) < 4.78 is 67.1. The number of carbonyl (C=O) groups excluding carboxylic acids is 1. The van der Waals surface area contributed by atoms with E-state index in [2.05, 4.69) is 39.3 Å². The summed E-state index contributed by atoms with van der Waals surface area (Å²) in [6.07, 6.45) is -1.22. The number of piperidine rings is 1. The number of alkyl halides is 1. The lowest BCUT2D eigenvalue weighted by Crippen LogP contribution is -2.61. The van der Waals surface area contributed by atoms with Crippen LogP contribution in [0, 0.1) is 23.7 Å². The molecular weight excluding hydrogens is 1010 g/mol. The molecule has 5 aliphatic heterocycles. The van der Waals surface area contributed by atoms with Gasteiger partial charge in [0.2, 0.25) is 0 Å². The van der Waals surface area contributed by atoms with Crippen molar-refractivity contribution in [2.45, 2.75) is 216 Å². The van der Waals surface area contributed by atoms with Crippen LogP contribution in [0.4, 0.5) is 10.1 Å². The third-order valence-electron chi connectivity index (χ3n) is 18.7. The second kappa shape index (κ2) is 26.1. The molecular formula is C58H97FN6O13. The first kappa shape index (κ1) is 62.6. The maximum absolute atomic E-state index is 15.1. The fraction of sp³-hybridized carbons (Fsp3) is 0.845. The number of carbonyl (C=O) groups is 1. The summed E-state index contributed by atoms with van der Waals surface area (Å²) in [7, 11) is 7.07. The zero-order valence-corrected chi connectivity index (χ0v) is 49.3. The van der Waals surface area contributed by atoms with Gasteiger partial charge in [-0.05, 0) is 104 Å². The van der Waals surface area contributed by atoms with Crippen molar-refractivity contribution in [1.29, 1.82) is 0 Å². The Morgan fingerprint density at radius 3 is 2.22 bits per heavy atom. The van der Waals surface area contributed by atoms with Crippen LogP contribution in [0.5, 0.6) is 0 Å². The van der Waals surface area contributed by atoms with Gasteiger partial charge < -0.3 is 73.0 Å². The van der Waals surface area contributed by atoms with Gasteiger partial charge in [0, 0.05) is 102 Å². The number of likely N-dealkylation sites (N-methyl/N-ethyl adjacent to an activating group) is 2. The van der Waals surface area contributed by atoms with E-state index in [4.69, 9.17) is 37.9 Å². The Morgan fingerprint density at radius 1 is 0.936 bits per heavy atom. The number of hydrogen-bond donors (Lipinski definition) is 4. The molecule has 4 N–H and O–H groups in total. The lowest BCUT2D eigenvalue weighted by molar-refractivity contribution is -0.275. The predicted octanol–water partition coefficient (Wildman–Crippen LogP) is 5.65. The molecule has 0 saturated carbocycles. The Morgan fingerprint density at radius 2 is 1.60 bits per heavy atom. The van der Waals surface area contributed by atoms with Gasteiger partial charge in [0.1, 0.15) is 42.7 Å². The molecule has 1 spiro atoms. The van der Waals surface area contributed by atoms with Crippen LogP contribution < -0.4 is 4.90 Å². The second-order valence-electron chi connectivity index (χ2n) is 24.7. The van der Waals surface area contributed by atoms with Crippen LogP contribution in [0.25, 0.3) is 0 Å². The number of cyclic esters (lactones) is 1. The molecule has 78 heavy (non-hydrogen) atoms. The Kier molecular flexibility index (Phi) is 21.0. The summed E-state index contributed by atoms with van der Waals surface area (Å²) >= 11 is 0. The Bertz CT molecular complexity index is 2190. The maximum atomic E-state index is 15.1. The van der Waals surface area contributed by atoms with E-state index in [1.54, 1.807) is 45.9 Å². The zero-order chi connectivity index (χ0) is 57.1. The quantitative estimate of drug-likeness (QED) is 0.159. The van der Waals surface area contributed by atoms with Gasteiger partial charge in [0.15, 0.2) is 12.1 Å². The molecule has 7 rings (SSSR count). The van der Waals surface area contributed by atoms with Crippen molar-refractivity contribution in [3.63, 3.8) is 0 Å². The molecule has 444 valence electrons. The second-order valence-corrected chi connectivity index (χ2v) is 24.7. The average molecular weight is 1110 g/mol. The number of methoxy groups -OCH3 is 2. The predicted molar refractivity (Wildman–Crippen MR) is 291 cm³/mol. The molecule has 2 aromatic rings. The number of aliphatic hydroxyl groups is 4. The number of benzene rings is 1. The SMILES string of the molecule is CC[C@H]1OC(=O)[C@H](C)C([C@H]2C[C@@](C)(OC)[C@@H](O)[C@H](C)O2)[C@H](C)[C@@H](O[C@H]2C[C@@H](N(C)CCc3cn([C@H](CF)[C@H](OC)c4ccc(N5CCC6(CC5)OCCO6)cc4)nn3)C[C@@H](C)O2)[C@](C)(O)C[C@@H](C)CN(C)[C@H](C)[C@@H](O)[C@]1(C)O. The number of aromatic nitrogens is 3. The van der Waals surface area contributed by atoms with Crippen LogP contribution in [0.1, 0.15) is 138 Å². The molecule has 5 fully saturated rings. The number of anilines is 1. The smallest absolute Gasteiger partial charge is 0.309 e. The normalized spacial score (nSPS) is 39.6. The number of halogens is 1. The first-order valence-electron chi connectivity index (χ1n) is 28.9. The summed E-state index contributed by atoms with van der Waals surface area (Å²) in [5.74, 6) is -3.31. The standard InChI is InChI=1S/C58H97FN6O13/c1-15-47-57(10,70)51(66)39(6)63(12)33-35(2)30-55(8,69)53(37(4)49(38(5)54(68)77-47)46-31-56(9,72-14)52(67)40(7)76-46)78-48-29-44(28-36(3)75-48)62(11)23-20-42-34-65(61-60-42)45(32-59)50(71-13)41-16-18-43(19-17-41)64-24-21-58(22-25-64)73-26-27-74-58/h16-19,34-40,44-53,66-67,69-70H,15,20-33H2,1-14H3/t35-,36-,37+,38-,39-,40+,44+,45-,46-,47-,48+,49?,50-,51-,52+,53-,55-,56-,57-/m1/s1. The van der Waals surface area contributed by atoms with Crippen LogP contribution in [-0.4, -0.2) is 209 Å². The van der Waals surface area contributed by atoms with Crippen molar-refractivity contribution in [3.8, 4) is 0 Å². The molecule has 1 unspecified atom stereocenters. The van der Waals surface area contributed by atoms with E-state index in [1.807, 2.05) is 65.6 Å². The summed E-state index contributed by atoms with van der Waals surface area (Å²) in [5, 5.41) is 56.9.